The number of carbonyl (C=O) groups excluding carboxylic acids is 1. The summed E-state index contributed by atoms with van der Waals surface area (Å²) >= 11 is 13.6. The Morgan fingerprint density at radius 1 is 0.935 bits per heavy atom. The van der Waals surface area contributed by atoms with E-state index in [2.05, 4.69) is 4.99 Å². The highest BCUT2D eigenvalue weighted by Gasteiger charge is 2.17. The van der Waals surface area contributed by atoms with Gasteiger partial charge < -0.3 is 9.30 Å². The molecule has 0 atom stereocenters. The van der Waals surface area contributed by atoms with Crippen LogP contribution in [0.1, 0.15) is 10.4 Å². The van der Waals surface area contributed by atoms with E-state index in [9.17, 15) is 4.79 Å². The minimum absolute atomic E-state index is 0.317. The highest BCUT2D eigenvalue weighted by Crippen LogP contribution is 2.34. The van der Waals surface area contributed by atoms with Gasteiger partial charge in [-0.25, -0.2) is 0 Å². The zero-order valence-corrected chi connectivity index (χ0v) is 19.1. The number of thiazole rings is 1. The lowest BCUT2D eigenvalue weighted by atomic mass is 10.1. The first-order valence-corrected chi connectivity index (χ1v) is 11.0. The molecule has 0 spiro atoms. The maximum absolute atomic E-state index is 13.0. The smallest absolute Gasteiger partial charge is 0.283 e. The molecule has 1 amide bonds. The Morgan fingerprint density at radius 3 is 2.29 bits per heavy atom. The van der Waals surface area contributed by atoms with Crippen LogP contribution in [0.5, 0.6) is 5.75 Å². The van der Waals surface area contributed by atoms with Crippen LogP contribution in [0.4, 0.5) is 0 Å². The maximum atomic E-state index is 13.0. The Morgan fingerprint density at radius 2 is 1.61 bits per heavy atom. The third kappa shape index (κ3) is 4.44. The number of amides is 1. The summed E-state index contributed by atoms with van der Waals surface area (Å²) < 4.78 is 7.23. The molecule has 0 bridgehead atoms. The molecule has 0 aliphatic carbocycles. The van der Waals surface area contributed by atoms with Crippen LogP contribution in [-0.2, 0) is 7.05 Å². The molecule has 4 nitrogen and oxygen atoms in total. The van der Waals surface area contributed by atoms with Crippen molar-refractivity contribution in [3.63, 3.8) is 0 Å². The molecule has 0 N–H and O–H groups in total. The number of halogens is 2. The Kier molecular flexibility index (Phi) is 6.28. The van der Waals surface area contributed by atoms with Gasteiger partial charge in [0, 0.05) is 17.1 Å². The minimum Gasteiger partial charge on any atom is -0.496 e. The van der Waals surface area contributed by atoms with Crippen LogP contribution < -0.4 is 9.54 Å². The van der Waals surface area contributed by atoms with E-state index in [1.165, 1.54) is 18.4 Å². The van der Waals surface area contributed by atoms with Crippen molar-refractivity contribution >= 4 is 40.4 Å². The lowest BCUT2D eigenvalue weighted by molar-refractivity contribution is 0.0995. The van der Waals surface area contributed by atoms with Gasteiger partial charge in [-0.05, 0) is 41.5 Å². The minimum atomic E-state index is -0.418. The lowest BCUT2D eigenvalue weighted by Crippen LogP contribution is -2.14. The monoisotopic (exact) mass is 468 g/mol. The Bertz CT molecular complexity index is 1310. The fraction of sp³-hybridized carbons (Fsp3) is 0.0833. The van der Waals surface area contributed by atoms with E-state index >= 15 is 0 Å². The molecule has 0 saturated carbocycles. The number of methoxy groups -OCH3 is 1. The molecule has 1 aromatic heterocycles. The van der Waals surface area contributed by atoms with Crippen molar-refractivity contribution < 1.29 is 9.53 Å². The molecule has 0 unspecified atom stereocenters. The number of rotatable bonds is 4. The zero-order valence-electron chi connectivity index (χ0n) is 16.8. The van der Waals surface area contributed by atoms with E-state index < -0.39 is 5.91 Å². The number of carbonyl (C=O) groups is 1. The molecule has 0 aliphatic rings. The highest BCUT2D eigenvalue weighted by molar-refractivity contribution is 7.13. The molecule has 7 heteroatoms. The van der Waals surface area contributed by atoms with Gasteiger partial charge in [0.25, 0.3) is 5.91 Å². The van der Waals surface area contributed by atoms with Crippen molar-refractivity contribution in [2.24, 2.45) is 12.0 Å². The predicted molar refractivity (Wildman–Crippen MR) is 127 cm³/mol. The first-order valence-electron chi connectivity index (χ1n) is 9.41. The third-order valence-electron chi connectivity index (χ3n) is 4.77. The van der Waals surface area contributed by atoms with Crippen LogP contribution in [0.2, 0.25) is 10.0 Å². The van der Waals surface area contributed by atoms with Crippen molar-refractivity contribution in [1.82, 2.24) is 4.57 Å². The van der Waals surface area contributed by atoms with Crippen LogP contribution in [-0.4, -0.2) is 17.6 Å². The van der Waals surface area contributed by atoms with Crippen LogP contribution >= 0.6 is 34.5 Å². The van der Waals surface area contributed by atoms with Gasteiger partial charge in [0.05, 0.1) is 23.2 Å². The van der Waals surface area contributed by atoms with Gasteiger partial charge in [0.2, 0.25) is 0 Å². The standard InChI is InChI=1S/C24H18Cl2N2O2S/c1-28-21(15-8-10-17(25)11-9-15)22(16-6-4-3-5-7-16)31-24(28)27-23(29)19-14-18(26)12-13-20(19)30-2/h3-14H,1-2H3. The second-order valence-corrected chi connectivity index (χ2v) is 8.61. The van der Waals surface area contributed by atoms with Crippen molar-refractivity contribution in [3.05, 3.63) is 93.2 Å². The van der Waals surface area contributed by atoms with Gasteiger partial charge >= 0.3 is 0 Å². The molecule has 4 rings (SSSR count). The highest BCUT2D eigenvalue weighted by atomic mass is 35.5. The first kappa shape index (κ1) is 21.4. The van der Waals surface area contributed by atoms with Crippen LogP contribution in [0, 0.1) is 0 Å². The summed E-state index contributed by atoms with van der Waals surface area (Å²) in [5, 5.41) is 1.11. The summed E-state index contributed by atoms with van der Waals surface area (Å²) in [6.45, 7) is 0. The molecule has 3 aromatic carbocycles. The number of ether oxygens (including phenoxy) is 1. The quantitative estimate of drug-likeness (QED) is 0.344. The number of aromatic nitrogens is 1. The molecular formula is C24H18Cl2N2O2S. The Labute approximate surface area is 194 Å². The van der Waals surface area contributed by atoms with Gasteiger partial charge in [-0.2, -0.15) is 4.99 Å². The topological polar surface area (TPSA) is 43.6 Å². The lowest BCUT2D eigenvalue weighted by Gasteiger charge is -2.08. The second kappa shape index (κ2) is 9.10. The van der Waals surface area contributed by atoms with Gasteiger partial charge in [-0.15, -0.1) is 0 Å². The number of benzene rings is 3. The molecule has 31 heavy (non-hydrogen) atoms. The van der Waals surface area contributed by atoms with E-state index in [1.807, 2.05) is 66.2 Å². The normalized spacial score (nSPS) is 11.5. The van der Waals surface area contributed by atoms with Crippen molar-refractivity contribution in [2.75, 3.05) is 7.11 Å². The third-order valence-corrected chi connectivity index (χ3v) is 6.44. The molecule has 4 aromatic rings. The summed E-state index contributed by atoms with van der Waals surface area (Å²) in [5.74, 6) is 0.0111. The van der Waals surface area contributed by atoms with Crippen LogP contribution in [0.25, 0.3) is 21.7 Å². The molecule has 0 radical (unpaired) electrons. The Hall–Kier alpha value is -2.86. The summed E-state index contributed by atoms with van der Waals surface area (Å²) in [7, 11) is 3.41. The summed E-state index contributed by atoms with van der Waals surface area (Å²) in [5.41, 5.74) is 3.30. The van der Waals surface area contributed by atoms with Crippen LogP contribution in [0.3, 0.4) is 0 Å². The molecule has 0 saturated heterocycles. The Balaban J connectivity index is 1.91. The van der Waals surface area contributed by atoms with Crippen LogP contribution in [0.15, 0.2) is 77.8 Å². The molecule has 0 aliphatic heterocycles. The van der Waals surface area contributed by atoms with E-state index in [1.54, 1.807) is 18.2 Å². The average Bonchev–Trinajstić information content (AvgIpc) is 3.11. The molecule has 156 valence electrons. The van der Waals surface area contributed by atoms with Crippen molar-refractivity contribution in [3.8, 4) is 27.4 Å². The number of hydrogen-bond acceptors (Lipinski definition) is 3. The molecule has 1 heterocycles. The second-order valence-electron chi connectivity index (χ2n) is 6.76. The average molecular weight is 469 g/mol. The van der Waals surface area contributed by atoms with Crippen molar-refractivity contribution in [2.45, 2.75) is 0 Å². The first-order chi connectivity index (χ1) is 15.0. The maximum Gasteiger partial charge on any atom is 0.283 e. The van der Waals surface area contributed by atoms with Gasteiger partial charge in [-0.3, -0.25) is 4.79 Å². The van der Waals surface area contributed by atoms with E-state index in [0.717, 1.165) is 21.7 Å². The van der Waals surface area contributed by atoms with Gasteiger partial charge in [0.1, 0.15) is 5.75 Å². The van der Waals surface area contributed by atoms with Crippen molar-refractivity contribution in [1.29, 1.82) is 0 Å². The molecule has 0 fully saturated rings. The molecular weight excluding hydrogens is 451 g/mol. The van der Waals surface area contributed by atoms with Gasteiger partial charge in [0.15, 0.2) is 4.80 Å². The van der Waals surface area contributed by atoms with Gasteiger partial charge in [-0.1, -0.05) is 77.0 Å². The number of nitrogens with zero attached hydrogens (tertiary/aromatic N) is 2. The van der Waals surface area contributed by atoms with E-state index in [4.69, 9.17) is 27.9 Å². The largest absolute Gasteiger partial charge is 0.496 e. The number of hydrogen-bond donors (Lipinski definition) is 0. The predicted octanol–water partition coefficient (Wildman–Crippen LogP) is 6.48. The SMILES string of the molecule is COc1ccc(Cl)cc1C(=O)N=c1sc(-c2ccccc2)c(-c2ccc(Cl)cc2)n1C. The fourth-order valence-corrected chi connectivity index (χ4v) is 4.71. The van der Waals surface area contributed by atoms with E-state index in [-0.39, 0.29) is 0 Å². The zero-order chi connectivity index (χ0) is 22.0. The summed E-state index contributed by atoms with van der Waals surface area (Å²) in [6.07, 6.45) is 0. The fourth-order valence-electron chi connectivity index (χ4n) is 3.27. The summed E-state index contributed by atoms with van der Waals surface area (Å²) in [6, 6.07) is 22.5. The van der Waals surface area contributed by atoms with E-state index in [0.29, 0.717) is 26.2 Å². The summed E-state index contributed by atoms with van der Waals surface area (Å²) in [4.78, 5) is 19.0.